The minimum atomic E-state index is 0.169. The second-order valence-corrected chi connectivity index (χ2v) is 12.6. The summed E-state index contributed by atoms with van der Waals surface area (Å²) in [6.45, 7) is 0. The number of rotatable bonds is 1. The van der Waals surface area contributed by atoms with E-state index in [4.69, 9.17) is 33.0 Å². The Labute approximate surface area is 187 Å². The van der Waals surface area contributed by atoms with Gasteiger partial charge in [0.05, 0.1) is 16.1 Å². The Morgan fingerprint density at radius 3 is 1.70 bits per heavy atom. The highest BCUT2D eigenvalue weighted by Crippen LogP contribution is 2.27. The van der Waals surface area contributed by atoms with E-state index in [9.17, 15) is 0 Å². The number of phenolic OH excluding ortho intramolecular Hbond substituents is 1. The van der Waals surface area contributed by atoms with Crippen LogP contribution in [0.15, 0.2) is 45.3 Å². The molecule has 0 aliphatic carbocycles. The highest BCUT2D eigenvalue weighted by Gasteiger charge is 1.98. The molecule has 0 aromatic heterocycles. The van der Waals surface area contributed by atoms with Gasteiger partial charge < -0.3 is 9.84 Å². The molecule has 23 heavy (non-hydrogen) atoms. The lowest BCUT2D eigenvalue weighted by molar-refractivity contribution is 0.412. The van der Waals surface area contributed by atoms with Crippen LogP contribution < -0.4 is 4.74 Å². The third-order valence-electron chi connectivity index (χ3n) is 2.02. The average molecular weight is 679 g/mol. The van der Waals surface area contributed by atoms with Crippen molar-refractivity contribution in [3.05, 3.63) is 55.4 Å². The lowest BCUT2D eigenvalue weighted by Crippen LogP contribution is -1.82. The number of hydrogen-bond donors (Lipinski definition) is 1. The van der Waals surface area contributed by atoms with Gasteiger partial charge in [0, 0.05) is 10.0 Å². The molecule has 2 aromatic carbocycles. The zero-order valence-corrected chi connectivity index (χ0v) is 21.0. The van der Waals surface area contributed by atoms with Crippen molar-refractivity contribution in [2.45, 2.75) is 0 Å². The first-order valence-electron chi connectivity index (χ1n) is 5.72. The summed E-state index contributed by atoms with van der Waals surface area (Å²) >= 11 is 27.0. The van der Waals surface area contributed by atoms with Gasteiger partial charge in [0.15, 0.2) is 0 Å². The molecule has 0 spiro atoms. The van der Waals surface area contributed by atoms with Crippen LogP contribution in [0, 0.1) is 0 Å². The maximum absolute atomic E-state index is 8.97. The molecule has 2 nitrogen and oxygen atoms in total. The van der Waals surface area contributed by atoms with Crippen LogP contribution in [0.25, 0.3) is 0 Å². The molecule has 0 radical (unpaired) electrons. The van der Waals surface area contributed by atoms with Gasteiger partial charge in [-0.1, -0.05) is 23.2 Å². The number of phenols is 1. The fourth-order valence-corrected chi connectivity index (χ4v) is 2.10. The molecule has 0 atom stereocenters. The minimum absolute atomic E-state index is 0.169. The van der Waals surface area contributed by atoms with Crippen molar-refractivity contribution in [2.75, 3.05) is 7.11 Å². The number of aromatic hydroxyl groups is 1. The van der Waals surface area contributed by atoms with Gasteiger partial charge in [-0.05, 0) is 68.3 Å². The first-order chi connectivity index (χ1) is 10.7. The summed E-state index contributed by atoms with van der Waals surface area (Å²) in [6.07, 6.45) is 0. The molecule has 126 valence electrons. The van der Waals surface area contributed by atoms with E-state index in [1.807, 2.05) is 6.07 Å². The highest BCUT2D eigenvalue weighted by atomic mass is 79.9. The Balaban J connectivity index is 0.000000345. The van der Waals surface area contributed by atoms with Crippen LogP contribution in [-0.2, 0) is 0 Å². The van der Waals surface area contributed by atoms with Crippen molar-refractivity contribution >= 4 is 106 Å². The van der Waals surface area contributed by atoms with E-state index in [-0.39, 0.29) is 8.93 Å². The lowest BCUT2D eigenvalue weighted by Gasteiger charge is -2.01. The number of benzene rings is 2. The van der Waals surface area contributed by atoms with Crippen molar-refractivity contribution in [3.8, 4) is 11.5 Å². The van der Waals surface area contributed by atoms with Crippen LogP contribution in [-0.4, -0.2) is 15.4 Å². The minimum Gasteiger partial charge on any atom is -0.507 e. The quantitative estimate of drug-likeness (QED) is 0.309. The summed E-state index contributed by atoms with van der Waals surface area (Å²) in [5.74, 6) is 0.926. The van der Waals surface area contributed by atoms with Crippen molar-refractivity contribution in [1.82, 2.24) is 0 Å². The standard InChI is InChI=1S/C7H6BrClO.C6H4BrClO.BBr3/c1-10-7-4-5(9)2-3-6(7)8;7-5-2-1-4(8)3-6(5)9;2-1(3)4/h2-4H,1H3;1-3,9H;. The second kappa shape index (κ2) is 13.3. The largest absolute Gasteiger partial charge is 0.507 e. The predicted octanol–water partition coefficient (Wildman–Crippen LogP) is 8.08. The van der Waals surface area contributed by atoms with E-state index in [0.29, 0.717) is 14.5 Å². The first-order valence-corrected chi connectivity index (χ1v) is 10.8. The molecule has 0 saturated carbocycles. The molecule has 0 fully saturated rings. The van der Waals surface area contributed by atoms with Gasteiger partial charge in [-0.25, -0.2) is 0 Å². The van der Waals surface area contributed by atoms with Gasteiger partial charge in [0.1, 0.15) is 11.5 Å². The zero-order chi connectivity index (χ0) is 18.0. The smallest absolute Gasteiger partial charge is 0.369 e. The monoisotopic (exact) mass is 674 g/mol. The molecule has 0 bridgehead atoms. The Kier molecular flexibility index (Phi) is 13.9. The van der Waals surface area contributed by atoms with E-state index in [0.717, 1.165) is 10.2 Å². The van der Waals surface area contributed by atoms with Gasteiger partial charge in [-0.2, -0.15) is 0 Å². The highest BCUT2D eigenvalue weighted by molar-refractivity contribution is 9.69. The molecule has 2 aromatic rings. The summed E-state index contributed by atoms with van der Waals surface area (Å²) in [4.78, 5) is 0. The normalized spacial score (nSPS) is 9.04. The SMILES string of the molecule is BrB(Br)Br.COc1cc(Cl)ccc1Br.Oc1cc(Cl)ccc1Br. The molecular formula is C13H10BBr5Cl2O2. The number of ether oxygens (including phenoxy) is 1. The van der Waals surface area contributed by atoms with Gasteiger partial charge in [0.25, 0.3) is 0 Å². The first kappa shape index (κ1) is 24.1. The lowest BCUT2D eigenvalue weighted by atomic mass is 10.3. The van der Waals surface area contributed by atoms with E-state index in [1.165, 1.54) is 6.07 Å². The fraction of sp³-hybridized carbons (Fsp3) is 0.0769. The predicted molar refractivity (Wildman–Crippen MR) is 119 cm³/mol. The van der Waals surface area contributed by atoms with Crippen molar-refractivity contribution in [2.24, 2.45) is 0 Å². The van der Waals surface area contributed by atoms with E-state index < -0.39 is 0 Å². The number of methoxy groups -OCH3 is 1. The van der Waals surface area contributed by atoms with Crippen LogP contribution in [0.5, 0.6) is 11.5 Å². The van der Waals surface area contributed by atoms with Gasteiger partial charge >= 0.3 is 3.18 Å². The van der Waals surface area contributed by atoms with E-state index in [1.54, 1.807) is 31.4 Å². The summed E-state index contributed by atoms with van der Waals surface area (Å²) < 4.78 is 6.84. The van der Waals surface area contributed by atoms with Crippen molar-refractivity contribution in [3.63, 3.8) is 0 Å². The molecule has 1 N–H and O–H groups in total. The Morgan fingerprint density at radius 1 is 0.913 bits per heavy atom. The van der Waals surface area contributed by atoms with Crippen LogP contribution in [0.2, 0.25) is 10.0 Å². The van der Waals surface area contributed by atoms with Gasteiger partial charge in [-0.15, -0.1) is 47.3 Å². The molecule has 0 heterocycles. The van der Waals surface area contributed by atoms with Crippen LogP contribution >= 0.6 is 102 Å². The molecule has 2 rings (SSSR count). The average Bonchev–Trinajstić information content (AvgIpc) is 2.46. The Bertz CT molecular complexity index is 614. The molecule has 0 aliphatic rings. The maximum atomic E-state index is 8.97. The molecule has 0 unspecified atom stereocenters. The molecule has 0 aliphatic heterocycles. The van der Waals surface area contributed by atoms with Gasteiger partial charge in [0.2, 0.25) is 0 Å². The summed E-state index contributed by atoms with van der Waals surface area (Å²) in [7, 11) is 1.61. The third-order valence-corrected chi connectivity index (χ3v) is 3.82. The number of hydrogen-bond acceptors (Lipinski definition) is 2. The van der Waals surface area contributed by atoms with Crippen LogP contribution in [0.3, 0.4) is 0 Å². The fourth-order valence-electron chi connectivity index (χ4n) is 1.12. The molecule has 10 heteroatoms. The van der Waals surface area contributed by atoms with Crippen LogP contribution in [0.1, 0.15) is 0 Å². The molecule has 0 saturated heterocycles. The third kappa shape index (κ3) is 12.1. The Morgan fingerprint density at radius 2 is 1.35 bits per heavy atom. The second-order valence-electron chi connectivity index (χ2n) is 3.62. The van der Waals surface area contributed by atoms with E-state index in [2.05, 4.69) is 79.1 Å². The van der Waals surface area contributed by atoms with Gasteiger partial charge in [-0.3, -0.25) is 0 Å². The molecule has 0 amide bonds. The topological polar surface area (TPSA) is 29.5 Å². The summed E-state index contributed by atoms with van der Waals surface area (Å²) in [6, 6.07) is 10.3. The Hall–Kier alpha value is 1.08. The van der Waals surface area contributed by atoms with Crippen molar-refractivity contribution in [1.29, 1.82) is 0 Å². The maximum Gasteiger partial charge on any atom is 0.369 e. The number of halogens is 7. The summed E-state index contributed by atoms with van der Waals surface area (Å²) in [5, 5.41) is 10.2. The zero-order valence-electron chi connectivity index (χ0n) is 11.5. The van der Waals surface area contributed by atoms with Crippen LogP contribution in [0.4, 0.5) is 0 Å². The van der Waals surface area contributed by atoms with Crippen molar-refractivity contribution < 1.29 is 9.84 Å². The van der Waals surface area contributed by atoms with E-state index >= 15 is 0 Å². The molecular weight excluding hydrogens is 669 g/mol. The summed E-state index contributed by atoms with van der Waals surface area (Å²) in [5.41, 5.74) is 0.